The average Bonchev–Trinajstić information content (AvgIpc) is 2.17. The molecule has 0 saturated carbocycles. The van der Waals surface area contributed by atoms with E-state index in [9.17, 15) is 0 Å². The van der Waals surface area contributed by atoms with Gasteiger partial charge in [-0.05, 0) is 11.6 Å². The van der Waals surface area contributed by atoms with Gasteiger partial charge in [0.05, 0.1) is 12.5 Å². The van der Waals surface area contributed by atoms with E-state index in [-0.39, 0.29) is 0 Å². The monoisotopic (exact) mass is 189 g/mol. The van der Waals surface area contributed by atoms with E-state index in [0.29, 0.717) is 6.42 Å². The summed E-state index contributed by atoms with van der Waals surface area (Å²) in [5, 5.41) is 8.59. The molecular weight excluding hydrogens is 178 g/mol. The molecule has 13 heavy (non-hydrogen) atoms. The fraction of sp³-hybridized carbons (Fsp3) is 0.182. The largest absolute Gasteiger partial charge is 0.198 e. The lowest BCUT2D eigenvalue weighted by atomic mass is 10.2. The highest BCUT2D eigenvalue weighted by molar-refractivity contribution is 7.99. The van der Waals surface area contributed by atoms with Crippen molar-refractivity contribution in [3.8, 4) is 6.07 Å². The van der Waals surface area contributed by atoms with E-state index in [4.69, 9.17) is 5.26 Å². The van der Waals surface area contributed by atoms with E-state index in [0.717, 1.165) is 11.3 Å². The van der Waals surface area contributed by atoms with Crippen LogP contribution in [0.25, 0.3) is 0 Å². The molecule has 2 heteroatoms. The lowest BCUT2D eigenvalue weighted by Crippen LogP contribution is -1.85. The highest BCUT2D eigenvalue weighted by atomic mass is 32.2. The van der Waals surface area contributed by atoms with Crippen molar-refractivity contribution < 1.29 is 0 Å². The molecule has 0 fully saturated rings. The third-order valence-corrected chi connectivity index (χ3v) is 2.71. The maximum atomic E-state index is 8.59. The molecule has 0 amide bonds. The molecule has 0 aromatic heterocycles. The van der Waals surface area contributed by atoms with E-state index >= 15 is 0 Å². The second-order valence-electron chi connectivity index (χ2n) is 2.54. The van der Waals surface area contributed by atoms with Crippen LogP contribution in [0.4, 0.5) is 0 Å². The van der Waals surface area contributed by atoms with Crippen LogP contribution in [0.3, 0.4) is 0 Å². The van der Waals surface area contributed by atoms with Gasteiger partial charge in [-0.25, -0.2) is 0 Å². The standard InChI is InChI=1S/C11H11NS/c1-2-9-13-11-6-4-3-5-10(11)7-8-12/h2-6H,1,7,9H2. The number of hydrogen-bond donors (Lipinski definition) is 0. The van der Waals surface area contributed by atoms with Crippen molar-refractivity contribution in [3.63, 3.8) is 0 Å². The lowest BCUT2D eigenvalue weighted by Gasteiger charge is -2.03. The van der Waals surface area contributed by atoms with Crippen LogP contribution in [-0.2, 0) is 6.42 Å². The Morgan fingerprint density at radius 2 is 2.23 bits per heavy atom. The molecule has 0 aliphatic heterocycles. The van der Waals surface area contributed by atoms with Crippen LogP contribution in [-0.4, -0.2) is 5.75 Å². The smallest absolute Gasteiger partial charge is 0.0670 e. The van der Waals surface area contributed by atoms with Gasteiger partial charge in [-0.1, -0.05) is 24.3 Å². The van der Waals surface area contributed by atoms with Gasteiger partial charge in [0.25, 0.3) is 0 Å². The van der Waals surface area contributed by atoms with Gasteiger partial charge in [0.1, 0.15) is 0 Å². The zero-order valence-corrected chi connectivity index (χ0v) is 8.18. The fourth-order valence-electron chi connectivity index (χ4n) is 1.02. The van der Waals surface area contributed by atoms with E-state index in [1.165, 1.54) is 4.90 Å². The Morgan fingerprint density at radius 1 is 1.46 bits per heavy atom. The molecule has 1 rings (SSSR count). The molecule has 0 unspecified atom stereocenters. The molecule has 1 nitrogen and oxygen atoms in total. The minimum Gasteiger partial charge on any atom is -0.198 e. The van der Waals surface area contributed by atoms with Gasteiger partial charge in [-0.2, -0.15) is 5.26 Å². The van der Waals surface area contributed by atoms with Crippen LogP contribution in [0.15, 0.2) is 41.8 Å². The molecule has 1 aromatic carbocycles. The van der Waals surface area contributed by atoms with Crippen LogP contribution in [0, 0.1) is 11.3 Å². The first kappa shape index (κ1) is 9.88. The molecule has 0 radical (unpaired) electrons. The summed E-state index contributed by atoms with van der Waals surface area (Å²) in [6.45, 7) is 3.67. The second kappa shape index (κ2) is 5.45. The first-order valence-corrected chi connectivity index (χ1v) is 5.05. The molecule has 0 heterocycles. The molecule has 0 atom stereocenters. The summed E-state index contributed by atoms with van der Waals surface area (Å²) < 4.78 is 0. The average molecular weight is 189 g/mol. The Hall–Kier alpha value is -1.20. The van der Waals surface area contributed by atoms with Crippen LogP contribution < -0.4 is 0 Å². The highest BCUT2D eigenvalue weighted by Gasteiger charge is 1.99. The van der Waals surface area contributed by atoms with Crippen molar-refractivity contribution in [2.75, 3.05) is 5.75 Å². The Labute approximate surface area is 83.1 Å². The maximum Gasteiger partial charge on any atom is 0.0670 e. The minimum absolute atomic E-state index is 0.486. The van der Waals surface area contributed by atoms with Crippen LogP contribution in [0.1, 0.15) is 5.56 Å². The van der Waals surface area contributed by atoms with Gasteiger partial charge >= 0.3 is 0 Å². The van der Waals surface area contributed by atoms with E-state index in [2.05, 4.69) is 12.6 Å². The third kappa shape index (κ3) is 2.96. The van der Waals surface area contributed by atoms with Crippen molar-refractivity contribution in [1.29, 1.82) is 5.26 Å². The number of thioether (sulfide) groups is 1. The van der Waals surface area contributed by atoms with Crippen molar-refractivity contribution in [3.05, 3.63) is 42.5 Å². The summed E-state index contributed by atoms with van der Waals surface area (Å²) in [4.78, 5) is 1.18. The van der Waals surface area contributed by atoms with Gasteiger partial charge in [0.15, 0.2) is 0 Å². The SMILES string of the molecule is C=CCSc1ccccc1CC#N. The van der Waals surface area contributed by atoms with E-state index in [1.54, 1.807) is 11.8 Å². The molecule has 0 spiro atoms. The van der Waals surface area contributed by atoms with Crippen molar-refractivity contribution in [1.82, 2.24) is 0 Å². The Morgan fingerprint density at radius 3 is 2.92 bits per heavy atom. The first-order valence-electron chi connectivity index (χ1n) is 4.07. The van der Waals surface area contributed by atoms with Gasteiger partial charge in [-0.3, -0.25) is 0 Å². The number of nitriles is 1. The normalized spacial score (nSPS) is 9.15. The molecule has 66 valence electrons. The summed E-state index contributed by atoms with van der Waals surface area (Å²) in [6.07, 6.45) is 2.36. The minimum atomic E-state index is 0.486. The van der Waals surface area contributed by atoms with Crippen molar-refractivity contribution in [2.45, 2.75) is 11.3 Å². The molecule has 0 aliphatic rings. The first-order chi connectivity index (χ1) is 6.38. The lowest BCUT2D eigenvalue weighted by molar-refractivity contribution is 1.18. The summed E-state index contributed by atoms with van der Waals surface area (Å²) in [5.41, 5.74) is 1.11. The Bertz CT molecular complexity index is 325. The summed E-state index contributed by atoms with van der Waals surface area (Å²) >= 11 is 1.72. The van der Waals surface area contributed by atoms with Gasteiger partial charge in [-0.15, -0.1) is 18.3 Å². The molecule has 0 aliphatic carbocycles. The molecule has 0 N–H and O–H groups in total. The Balaban J connectivity index is 2.79. The van der Waals surface area contributed by atoms with Crippen LogP contribution in [0.5, 0.6) is 0 Å². The molecule has 0 saturated heterocycles. The van der Waals surface area contributed by atoms with Gasteiger partial charge in [0.2, 0.25) is 0 Å². The Kier molecular flexibility index (Phi) is 4.14. The van der Waals surface area contributed by atoms with Crippen molar-refractivity contribution in [2.24, 2.45) is 0 Å². The topological polar surface area (TPSA) is 23.8 Å². The number of rotatable bonds is 4. The molecule has 0 bridgehead atoms. The fourth-order valence-corrected chi connectivity index (χ4v) is 1.82. The van der Waals surface area contributed by atoms with Gasteiger partial charge in [0, 0.05) is 10.6 Å². The van der Waals surface area contributed by atoms with Crippen LogP contribution >= 0.6 is 11.8 Å². The van der Waals surface area contributed by atoms with Crippen LogP contribution in [0.2, 0.25) is 0 Å². The summed E-state index contributed by atoms with van der Waals surface area (Å²) in [6, 6.07) is 10.2. The van der Waals surface area contributed by atoms with E-state index < -0.39 is 0 Å². The zero-order chi connectivity index (χ0) is 9.52. The number of benzene rings is 1. The zero-order valence-electron chi connectivity index (χ0n) is 7.36. The molecular formula is C11H11NS. The number of hydrogen-bond acceptors (Lipinski definition) is 2. The molecule has 1 aromatic rings. The quantitative estimate of drug-likeness (QED) is 0.537. The van der Waals surface area contributed by atoms with Gasteiger partial charge < -0.3 is 0 Å². The van der Waals surface area contributed by atoms with Crippen molar-refractivity contribution >= 4 is 11.8 Å². The van der Waals surface area contributed by atoms with E-state index in [1.807, 2.05) is 30.3 Å². The second-order valence-corrected chi connectivity index (χ2v) is 3.60. The number of nitrogens with zero attached hydrogens (tertiary/aromatic N) is 1. The maximum absolute atomic E-state index is 8.59. The predicted octanol–water partition coefficient (Wildman–Crippen LogP) is 3.03. The predicted molar refractivity (Wildman–Crippen MR) is 56.7 cm³/mol. The third-order valence-electron chi connectivity index (χ3n) is 1.60. The highest BCUT2D eigenvalue weighted by Crippen LogP contribution is 2.22. The summed E-state index contributed by atoms with van der Waals surface area (Å²) in [7, 11) is 0. The summed E-state index contributed by atoms with van der Waals surface area (Å²) in [5.74, 6) is 0.891.